The van der Waals surface area contributed by atoms with Gasteiger partial charge in [0.25, 0.3) is 5.91 Å². The van der Waals surface area contributed by atoms with Crippen LogP contribution in [0.25, 0.3) is 0 Å². The summed E-state index contributed by atoms with van der Waals surface area (Å²) >= 11 is 0. The Labute approximate surface area is 149 Å². The van der Waals surface area contributed by atoms with E-state index >= 15 is 0 Å². The number of carbonyl (C=O) groups excluding carboxylic acids is 3. The van der Waals surface area contributed by atoms with E-state index in [1.54, 1.807) is 30.3 Å². The molecule has 0 aliphatic carbocycles. The molecule has 136 valence electrons. The van der Waals surface area contributed by atoms with Gasteiger partial charge in [-0.25, -0.2) is 9.59 Å². The van der Waals surface area contributed by atoms with Crippen LogP contribution >= 0.6 is 0 Å². The van der Waals surface area contributed by atoms with Crippen molar-refractivity contribution in [3.05, 3.63) is 59.7 Å². The van der Waals surface area contributed by atoms with Crippen LogP contribution in [0, 0.1) is 0 Å². The number of imide groups is 1. The quantitative estimate of drug-likeness (QED) is 0.702. The van der Waals surface area contributed by atoms with Crippen molar-refractivity contribution in [3.8, 4) is 11.5 Å². The van der Waals surface area contributed by atoms with Gasteiger partial charge in [-0.3, -0.25) is 10.1 Å². The van der Waals surface area contributed by atoms with E-state index in [1.807, 2.05) is 0 Å². The normalized spacial score (nSPS) is 11.2. The average Bonchev–Trinajstić information content (AvgIpc) is 2.66. The lowest BCUT2D eigenvalue weighted by Crippen LogP contribution is -2.41. The fourth-order valence-corrected chi connectivity index (χ4v) is 2.12. The van der Waals surface area contributed by atoms with Crippen LogP contribution in [0.3, 0.4) is 0 Å². The van der Waals surface area contributed by atoms with Gasteiger partial charge in [0.1, 0.15) is 17.1 Å². The highest BCUT2D eigenvalue weighted by Gasteiger charge is 2.28. The van der Waals surface area contributed by atoms with Crippen molar-refractivity contribution in [1.82, 2.24) is 10.6 Å². The maximum absolute atomic E-state index is 12.4. The molecule has 3 amide bonds. The van der Waals surface area contributed by atoms with Gasteiger partial charge in [0, 0.05) is 18.7 Å². The molecule has 0 fully saturated rings. The summed E-state index contributed by atoms with van der Waals surface area (Å²) in [6.07, 6.45) is -1.37. The number of methoxy groups -OCH3 is 1. The van der Waals surface area contributed by atoms with Crippen molar-refractivity contribution in [3.63, 3.8) is 0 Å². The smallest absolute Gasteiger partial charge is 0.343 e. The van der Waals surface area contributed by atoms with Crippen LogP contribution in [0.1, 0.15) is 22.0 Å². The van der Waals surface area contributed by atoms with Gasteiger partial charge < -0.3 is 19.9 Å². The van der Waals surface area contributed by atoms with Crippen molar-refractivity contribution in [1.29, 1.82) is 0 Å². The molecule has 2 aromatic rings. The summed E-state index contributed by atoms with van der Waals surface area (Å²) < 4.78 is 10.2. The number of urea groups is 1. The Balaban J connectivity index is 2.27. The molecule has 3 N–H and O–H groups in total. The van der Waals surface area contributed by atoms with Crippen LogP contribution in [0.2, 0.25) is 0 Å². The summed E-state index contributed by atoms with van der Waals surface area (Å²) in [7, 11) is 2.77. The van der Waals surface area contributed by atoms with Gasteiger partial charge in [-0.05, 0) is 12.1 Å². The van der Waals surface area contributed by atoms with Crippen LogP contribution < -0.4 is 15.4 Å². The number of nitrogens with one attached hydrogen (secondary N) is 2. The number of amides is 3. The predicted molar refractivity (Wildman–Crippen MR) is 91.9 cm³/mol. The van der Waals surface area contributed by atoms with Crippen molar-refractivity contribution in [2.75, 3.05) is 14.2 Å². The first-order valence-electron chi connectivity index (χ1n) is 7.61. The van der Waals surface area contributed by atoms with Crippen LogP contribution in [-0.2, 0) is 9.53 Å². The van der Waals surface area contributed by atoms with Crippen molar-refractivity contribution >= 4 is 17.9 Å². The average molecular weight is 358 g/mol. The van der Waals surface area contributed by atoms with Gasteiger partial charge in [-0.15, -0.1) is 0 Å². The van der Waals surface area contributed by atoms with Gasteiger partial charge in [-0.1, -0.05) is 30.3 Å². The number of rotatable bonds is 5. The second kappa shape index (κ2) is 8.52. The summed E-state index contributed by atoms with van der Waals surface area (Å²) in [6.45, 7) is 0. The molecule has 8 nitrogen and oxygen atoms in total. The monoisotopic (exact) mass is 358 g/mol. The van der Waals surface area contributed by atoms with Crippen molar-refractivity contribution in [2.24, 2.45) is 0 Å². The number of phenols is 1. The van der Waals surface area contributed by atoms with E-state index in [0.717, 1.165) is 0 Å². The number of carbonyl (C=O) groups is 3. The number of hydrogen-bond donors (Lipinski definition) is 3. The van der Waals surface area contributed by atoms with Crippen LogP contribution in [0.5, 0.6) is 11.5 Å². The molecular formula is C18H18N2O6. The molecule has 0 saturated carbocycles. The third-order valence-electron chi connectivity index (χ3n) is 3.45. The van der Waals surface area contributed by atoms with Crippen LogP contribution in [0.4, 0.5) is 4.79 Å². The Morgan fingerprint density at radius 2 is 1.77 bits per heavy atom. The molecule has 0 aliphatic heterocycles. The zero-order chi connectivity index (χ0) is 19.1. The van der Waals surface area contributed by atoms with Gasteiger partial charge in [0.15, 0.2) is 0 Å². The summed E-state index contributed by atoms with van der Waals surface area (Å²) in [5, 5.41) is 14.3. The molecule has 2 aromatic carbocycles. The second-order valence-electron chi connectivity index (χ2n) is 5.15. The third kappa shape index (κ3) is 4.50. The minimum Gasteiger partial charge on any atom is -0.507 e. The second-order valence-corrected chi connectivity index (χ2v) is 5.15. The van der Waals surface area contributed by atoms with Crippen LogP contribution in [-0.4, -0.2) is 37.2 Å². The highest BCUT2D eigenvalue weighted by molar-refractivity contribution is 5.99. The largest absolute Gasteiger partial charge is 0.507 e. The molecule has 0 aromatic heterocycles. The Morgan fingerprint density at radius 3 is 2.35 bits per heavy atom. The maximum atomic E-state index is 12.4. The Morgan fingerprint density at radius 1 is 1.08 bits per heavy atom. The van der Waals surface area contributed by atoms with E-state index in [4.69, 9.17) is 9.47 Å². The molecular weight excluding hydrogens is 340 g/mol. The minimum atomic E-state index is -1.37. The summed E-state index contributed by atoms with van der Waals surface area (Å²) in [6, 6.07) is 11.5. The zero-order valence-corrected chi connectivity index (χ0v) is 14.2. The van der Waals surface area contributed by atoms with Crippen molar-refractivity contribution < 1.29 is 29.0 Å². The molecule has 0 radical (unpaired) electrons. The molecule has 0 unspecified atom stereocenters. The van der Waals surface area contributed by atoms with E-state index in [1.165, 1.54) is 32.4 Å². The third-order valence-corrected chi connectivity index (χ3v) is 3.45. The molecule has 0 spiro atoms. The standard InChI is InChI=1S/C18H18N2O6/c1-19-18(24)20-16(22)15(11-6-4-3-5-7-11)26-17(23)13-9-8-12(25-2)10-14(13)21/h3-10,15,21H,1-2H3,(H2,19,20,22,24)/t15-/m1/s1. The van der Waals surface area contributed by atoms with Crippen molar-refractivity contribution in [2.45, 2.75) is 6.10 Å². The number of esters is 1. The van der Waals surface area contributed by atoms with Gasteiger partial charge in [0.05, 0.1) is 7.11 Å². The lowest BCUT2D eigenvalue weighted by Gasteiger charge is -2.18. The van der Waals surface area contributed by atoms with Gasteiger partial charge in [0.2, 0.25) is 6.10 Å². The van der Waals surface area contributed by atoms with E-state index in [0.29, 0.717) is 11.3 Å². The van der Waals surface area contributed by atoms with Gasteiger partial charge in [-0.2, -0.15) is 0 Å². The molecule has 2 rings (SSSR count). The Bertz CT molecular complexity index is 807. The number of aromatic hydroxyl groups is 1. The minimum absolute atomic E-state index is 0.139. The van der Waals surface area contributed by atoms with E-state index in [-0.39, 0.29) is 11.3 Å². The maximum Gasteiger partial charge on any atom is 0.343 e. The number of hydrogen-bond acceptors (Lipinski definition) is 6. The molecule has 0 heterocycles. The summed E-state index contributed by atoms with van der Waals surface area (Å²) in [4.78, 5) is 36.1. The van der Waals surface area contributed by atoms with Gasteiger partial charge >= 0.3 is 12.0 Å². The molecule has 26 heavy (non-hydrogen) atoms. The molecule has 8 heteroatoms. The highest BCUT2D eigenvalue weighted by atomic mass is 16.5. The Kier molecular flexibility index (Phi) is 6.15. The SMILES string of the molecule is CNC(=O)NC(=O)[C@H](OC(=O)c1ccc(OC)cc1O)c1ccccc1. The number of phenolic OH excluding ortho intramolecular Hbond substituents is 1. The topological polar surface area (TPSA) is 114 Å². The fourth-order valence-electron chi connectivity index (χ4n) is 2.12. The fraction of sp³-hybridized carbons (Fsp3) is 0.167. The van der Waals surface area contributed by atoms with E-state index < -0.39 is 24.0 Å². The zero-order valence-electron chi connectivity index (χ0n) is 14.2. The molecule has 0 bridgehead atoms. The lowest BCUT2D eigenvalue weighted by atomic mass is 10.1. The number of benzene rings is 2. The Hall–Kier alpha value is -3.55. The van der Waals surface area contributed by atoms with Crippen LogP contribution in [0.15, 0.2) is 48.5 Å². The predicted octanol–water partition coefficient (Wildman–Crippen LogP) is 1.75. The molecule has 0 saturated heterocycles. The molecule has 0 aliphatic rings. The van der Waals surface area contributed by atoms with E-state index in [9.17, 15) is 19.5 Å². The first-order valence-corrected chi connectivity index (χ1v) is 7.61. The molecule has 1 atom stereocenters. The summed E-state index contributed by atoms with van der Waals surface area (Å²) in [5.41, 5.74) is 0.231. The highest BCUT2D eigenvalue weighted by Crippen LogP contribution is 2.26. The van der Waals surface area contributed by atoms with E-state index in [2.05, 4.69) is 10.6 Å². The first-order chi connectivity index (χ1) is 12.5. The number of ether oxygens (including phenoxy) is 2. The first kappa shape index (κ1) is 18.8. The lowest BCUT2D eigenvalue weighted by molar-refractivity contribution is -0.129. The summed E-state index contributed by atoms with van der Waals surface area (Å²) in [5.74, 6) is -1.74.